The van der Waals surface area contributed by atoms with Gasteiger partial charge in [0.1, 0.15) is 24.3 Å². The van der Waals surface area contributed by atoms with Crippen LogP contribution in [0.2, 0.25) is 0 Å². The average molecular weight is 795 g/mol. The highest BCUT2D eigenvalue weighted by molar-refractivity contribution is 5.88. The molecular formula is C44H58N8O6. The minimum Gasteiger partial charge on any atom is -0.388 e. The number of amides is 6. The van der Waals surface area contributed by atoms with Crippen molar-refractivity contribution in [2.24, 2.45) is 11.8 Å². The number of hydrogen-bond acceptors (Lipinski definition) is 8. The van der Waals surface area contributed by atoms with E-state index in [9.17, 15) is 29.4 Å². The van der Waals surface area contributed by atoms with Crippen molar-refractivity contribution in [1.29, 1.82) is 0 Å². The third-order valence-electron chi connectivity index (χ3n) is 9.83. The molecule has 4 rings (SSSR count). The van der Waals surface area contributed by atoms with E-state index >= 15 is 0 Å². The van der Waals surface area contributed by atoms with Crippen molar-refractivity contribution >= 4 is 23.9 Å². The fourth-order valence-electron chi connectivity index (χ4n) is 6.44. The molecule has 0 saturated carbocycles. The molecular weight excluding hydrogens is 737 g/mol. The molecule has 4 aromatic rings. The summed E-state index contributed by atoms with van der Waals surface area (Å²) in [4.78, 5) is 66.0. The van der Waals surface area contributed by atoms with Gasteiger partial charge in [-0.3, -0.25) is 19.6 Å². The molecule has 58 heavy (non-hydrogen) atoms. The van der Waals surface area contributed by atoms with Crippen molar-refractivity contribution in [2.75, 3.05) is 14.1 Å². The Kier molecular flexibility index (Phi) is 17.1. The van der Waals surface area contributed by atoms with Crippen LogP contribution in [0.15, 0.2) is 109 Å². The molecule has 0 spiro atoms. The van der Waals surface area contributed by atoms with E-state index in [2.05, 4.69) is 31.2 Å². The van der Waals surface area contributed by atoms with Crippen LogP contribution in [0.25, 0.3) is 0 Å². The van der Waals surface area contributed by atoms with Crippen molar-refractivity contribution in [3.63, 3.8) is 0 Å². The molecule has 0 aliphatic carbocycles. The first-order valence-corrected chi connectivity index (χ1v) is 19.6. The van der Waals surface area contributed by atoms with E-state index in [1.54, 1.807) is 78.4 Å². The van der Waals surface area contributed by atoms with E-state index in [0.29, 0.717) is 11.4 Å². The lowest BCUT2D eigenvalue weighted by Crippen LogP contribution is -2.62. The van der Waals surface area contributed by atoms with E-state index in [-0.39, 0.29) is 37.8 Å². The van der Waals surface area contributed by atoms with Crippen LogP contribution in [0, 0.1) is 11.8 Å². The maximum absolute atomic E-state index is 14.0. The number of carbonyl (C=O) groups excluding carboxylic acids is 4. The van der Waals surface area contributed by atoms with Crippen LogP contribution < -0.4 is 21.3 Å². The molecule has 0 bridgehead atoms. The van der Waals surface area contributed by atoms with Crippen LogP contribution in [0.4, 0.5) is 9.59 Å². The molecule has 2 aromatic carbocycles. The van der Waals surface area contributed by atoms with Gasteiger partial charge in [-0.05, 0) is 60.1 Å². The highest BCUT2D eigenvalue weighted by Gasteiger charge is 2.38. The summed E-state index contributed by atoms with van der Waals surface area (Å²) in [7, 11) is 3.21. The van der Waals surface area contributed by atoms with Gasteiger partial charge in [0, 0.05) is 26.5 Å². The van der Waals surface area contributed by atoms with Crippen molar-refractivity contribution in [1.82, 2.24) is 41.0 Å². The SMILES string of the molecule is CC(C)[C@H](NC(=O)N(C)Cc1ccccn1)C(=O)N[C@@H](Cc1ccccc1)C(O)C(O)[C@H](Cc1ccccc1)NC(=O)[C@@H](NC(=O)N(C)Cc1ccccn1)C(C)C. The van der Waals surface area contributed by atoms with E-state index < -0.39 is 60.3 Å². The zero-order chi connectivity index (χ0) is 42.2. The smallest absolute Gasteiger partial charge is 0.318 e. The zero-order valence-electron chi connectivity index (χ0n) is 34.2. The van der Waals surface area contributed by atoms with Crippen molar-refractivity contribution in [2.45, 2.75) is 90.0 Å². The molecule has 6 atom stereocenters. The van der Waals surface area contributed by atoms with Crippen LogP contribution in [0.3, 0.4) is 0 Å². The van der Waals surface area contributed by atoms with E-state index in [1.807, 2.05) is 72.8 Å². The molecule has 6 N–H and O–H groups in total. The van der Waals surface area contributed by atoms with Crippen LogP contribution in [0.5, 0.6) is 0 Å². The Labute approximate surface area is 341 Å². The van der Waals surface area contributed by atoms with Gasteiger partial charge in [0.2, 0.25) is 11.8 Å². The third kappa shape index (κ3) is 13.7. The first kappa shape index (κ1) is 44.8. The minimum absolute atomic E-state index is 0.127. The Morgan fingerprint density at radius 1 is 0.534 bits per heavy atom. The van der Waals surface area contributed by atoms with E-state index in [1.165, 1.54) is 9.80 Å². The molecule has 0 fully saturated rings. The molecule has 2 aromatic heterocycles. The summed E-state index contributed by atoms with van der Waals surface area (Å²) in [5.74, 6) is -1.79. The average Bonchev–Trinajstić information content (AvgIpc) is 3.21. The second-order valence-corrected chi connectivity index (χ2v) is 15.3. The topological polar surface area (TPSA) is 189 Å². The Morgan fingerprint density at radius 2 is 0.879 bits per heavy atom. The normalized spacial score (nSPS) is 14.3. The maximum Gasteiger partial charge on any atom is 0.318 e. The Hall–Kier alpha value is -5.86. The molecule has 0 aliphatic rings. The summed E-state index contributed by atoms with van der Waals surface area (Å²) in [6.45, 7) is 7.63. The number of rotatable bonds is 19. The lowest BCUT2D eigenvalue weighted by atomic mass is 9.90. The number of nitrogens with zero attached hydrogens (tertiary/aromatic N) is 4. The largest absolute Gasteiger partial charge is 0.388 e. The van der Waals surface area contributed by atoms with Gasteiger partial charge in [-0.25, -0.2) is 9.59 Å². The summed E-state index contributed by atoms with van der Waals surface area (Å²) in [6, 6.07) is 24.2. The second kappa shape index (κ2) is 22.2. The standard InChI is InChI=1S/C44H58N8O6/c1-29(2)37(49-43(57)51(5)27-33-21-13-15-23-45-33)41(55)47-35(25-31-17-9-7-10-18-31)39(53)40(54)36(26-32-19-11-8-12-20-32)48-42(56)38(30(3)4)50-44(58)52(6)28-34-22-14-16-24-46-34/h7-24,29-30,35-40,53-54H,25-28H2,1-6H3,(H,47,55)(H,48,56)(H,49,57)(H,50,58)/t35-,36-,37-,38-,39?,40?/m0/s1. The fourth-order valence-corrected chi connectivity index (χ4v) is 6.44. The van der Waals surface area contributed by atoms with Gasteiger partial charge in [-0.15, -0.1) is 0 Å². The monoisotopic (exact) mass is 794 g/mol. The van der Waals surface area contributed by atoms with Gasteiger partial charge in [0.25, 0.3) is 0 Å². The summed E-state index contributed by atoms with van der Waals surface area (Å²) >= 11 is 0. The minimum atomic E-state index is -1.59. The van der Waals surface area contributed by atoms with Crippen LogP contribution >= 0.6 is 0 Å². The number of aromatic nitrogens is 2. The quantitative estimate of drug-likeness (QED) is 0.0829. The van der Waals surface area contributed by atoms with Gasteiger partial charge in [-0.1, -0.05) is 100 Å². The number of aliphatic hydroxyl groups is 2. The number of benzene rings is 2. The zero-order valence-corrected chi connectivity index (χ0v) is 34.2. The number of carbonyl (C=O) groups is 4. The third-order valence-corrected chi connectivity index (χ3v) is 9.83. The number of hydrogen-bond donors (Lipinski definition) is 6. The molecule has 6 amide bonds. The van der Waals surface area contributed by atoms with Gasteiger partial charge >= 0.3 is 12.1 Å². The first-order valence-electron chi connectivity index (χ1n) is 19.6. The lowest BCUT2D eigenvalue weighted by Gasteiger charge is -2.35. The molecule has 14 nitrogen and oxygen atoms in total. The maximum atomic E-state index is 14.0. The summed E-state index contributed by atoms with van der Waals surface area (Å²) in [5, 5.41) is 35.5. The van der Waals surface area contributed by atoms with Crippen LogP contribution in [0.1, 0.15) is 50.2 Å². The Balaban J connectivity index is 1.56. The van der Waals surface area contributed by atoms with Gasteiger partial charge < -0.3 is 41.3 Å². The highest BCUT2D eigenvalue weighted by Crippen LogP contribution is 2.17. The van der Waals surface area contributed by atoms with E-state index in [4.69, 9.17) is 0 Å². The molecule has 310 valence electrons. The number of aliphatic hydroxyl groups excluding tert-OH is 2. The lowest BCUT2D eigenvalue weighted by molar-refractivity contribution is -0.129. The first-order chi connectivity index (χ1) is 27.7. The molecule has 14 heteroatoms. The molecule has 0 aliphatic heterocycles. The highest BCUT2D eigenvalue weighted by atomic mass is 16.3. The van der Waals surface area contributed by atoms with Crippen molar-refractivity contribution < 1.29 is 29.4 Å². The van der Waals surface area contributed by atoms with Gasteiger partial charge in [0.15, 0.2) is 0 Å². The van der Waals surface area contributed by atoms with Crippen LogP contribution in [-0.4, -0.2) is 104 Å². The van der Waals surface area contributed by atoms with Gasteiger partial charge in [-0.2, -0.15) is 0 Å². The molecule has 2 unspecified atom stereocenters. The summed E-state index contributed by atoms with van der Waals surface area (Å²) in [5.41, 5.74) is 2.91. The van der Waals surface area contributed by atoms with Crippen molar-refractivity contribution in [3.8, 4) is 0 Å². The fraction of sp³-hybridized carbons (Fsp3) is 0.409. The molecule has 0 saturated heterocycles. The predicted octanol–water partition coefficient (Wildman–Crippen LogP) is 3.69. The van der Waals surface area contributed by atoms with Crippen LogP contribution in [-0.2, 0) is 35.5 Å². The van der Waals surface area contributed by atoms with E-state index in [0.717, 1.165) is 11.1 Å². The summed E-state index contributed by atoms with van der Waals surface area (Å²) < 4.78 is 0. The number of pyridine rings is 2. The second-order valence-electron chi connectivity index (χ2n) is 15.3. The summed E-state index contributed by atoms with van der Waals surface area (Å²) in [6.07, 6.45) is 0.347. The Morgan fingerprint density at radius 3 is 1.19 bits per heavy atom. The van der Waals surface area contributed by atoms with Crippen molar-refractivity contribution in [3.05, 3.63) is 132 Å². The predicted molar refractivity (Wildman–Crippen MR) is 222 cm³/mol. The molecule has 2 heterocycles. The Bertz CT molecular complexity index is 1730. The number of urea groups is 2. The molecule has 0 radical (unpaired) electrons. The van der Waals surface area contributed by atoms with Gasteiger partial charge in [0.05, 0.1) is 36.6 Å². The number of nitrogens with one attached hydrogen (secondary N) is 4.